The zero-order chi connectivity index (χ0) is 24.7. The van der Waals surface area contributed by atoms with Crippen LogP contribution < -0.4 is 10.6 Å². The van der Waals surface area contributed by atoms with Gasteiger partial charge in [0.25, 0.3) is 0 Å². The second-order valence-corrected chi connectivity index (χ2v) is 9.51. The highest BCUT2D eigenvalue weighted by Gasteiger charge is 2.47. The molecular weight excluding hydrogens is 445 g/mol. The Balaban J connectivity index is 1.35. The van der Waals surface area contributed by atoms with E-state index in [1.807, 2.05) is 30.3 Å². The molecule has 2 aliphatic carbocycles. The molecule has 3 unspecified atom stereocenters. The molecule has 0 radical (unpaired) electrons. The van der Waals surface area contributed by atoms with Gasteiger partial charge >= 0.3 is 12.0 Å². The van der Waals surface area contributed by atoms with Crippen molar-refractivity contribution in [3.63, 3.8) is 0 Å². The van der Waals surface area contributed by atoms with Crippen LogP contribution in [0.1, 0.15) is 56.9 Å². The van der Waals surface area contributed by atoms with E-state index in [4.69, 9.17) is 11.2 Å². The number of rotatable bonds is 7. The third kappa shape index (κ3) is 5.82. The van der Waals surface area contributed by atoms with Crippen molar-refractivity contribution in [1.29, 1.82) is 0 Å². The lowest BCUT2D eigenvalue weighted by Crippen LogP contribution is -2.49. The molecule has 35 heavy (non-hydrogen) atoms. The number of hydrogen-bond donors (Lipinski definition) is 2. The number of carbonyl (C=O) groups is 2. The van der Waals surface area contributed by atoms with Crippen molar-refractivity contribution in [3.8, 4) is 12.3 Å². The Bertz CT molecular complexity index is 1040. The van der Waals surface area contributed by atoms with Gasteiger partial charge in [-0.05, 0) is 43.4 Å². The summed E-state index contributed by atoms with van der Waals surface area (Å²) in [5.41, 5.74) is 0.424. The molecule has 0 spiro atoms. The zero-order valence-electron chi connectivity index (χ0n) is 19.8. The number of pyridine rings is 1. The summed E-state index contributed by atoms with van der Waals surface area (Å²) in [5.74, 6) is 2.45. The maximum absolute atomic E-state index is 13.6. The van der Waals surface area contributed by atoms with Crippen molar-refractivity contribution >= 4 is 17.8 Å². The normalized spacial score (nSPS) is 23.1. The number of carbonyl (C=O) groups excluding carboxylic acids is 2. The number of halogens is 1. The molecule has 7 heteroatoms. The summed E-state index contributed by atoms with van der Waals surface area (Å²) in [5, 5.41) is 5.34. The van der Waals surface area contributed by atoms with Crippen LogP contribution in [0.15, 0.2) is 48.7 Å². The number of aromatic nitrogens is 1. The predicted octanol–water partition coefficient (Wildman–Crippen LogP) is 5.21. The number of ether oxygens (including phenoxy) is 1. The molecule has 1 heterocycles. The van der Waals surface area contributed by atoms with Gasteiger partial charge < -0.3 is 10.1 Å². The van der Waals surface area contributed by atoms with Crippen LogP contribution in [0, 0.1) is 30.0 Å². The summed E-state index contributed by atoms with van der Waals surface area (Å²) >= 11 is 0. The summed E-state index contributed by atoms with van der Waals surface area (Å²) in [6.45, 7) is 0.369. The van der Waals surface area contributed by atoms with Crippen molar-refractivity contribution < 1.29 is 18.7 Å². The molecule has 6 nitrogen and oxygen atoms in total. The number of hydrogen-bond acceptors (Lipinski definition) is 4. The average molecular weight is 478 g/mol. The topological polar surface area (TPSA) is 80.3 Å². The molecule has 4 rings (SSSR count). The van der Waals surface area contributed by atoms with Crippen LogP contribution in [0.4, 0.5) is 15.0 Å². The van der Waals surface area contributed by atoms with E-state index in [-0.39, 0.29) is 29.7 Å². The first-order valence-corrected chi connectivity index (χ1v) is 12.4. The van der Waals surface area contributed by atoms with Gasteiger partial charge in [-0.15, -0.1) is 12.3 Å². The molecule has 184 valence electrons. The van der Waals surface area contributed by atoms with Gasteiger partial charge in [-0.25, -0.2) is 14.2 Å². The Morgan fingerprint density at radius 3 is 2.51 bits per heavy atom. The van der Waals surface area contributed by atoms with Crippen molar-refractivity contribution in [2.24, 2.45) is 11.8 Å². The number of nitrogens with one attached hydrogen (secondary N) is 2. The molecule has 2 aromatic rings. The summed E-state index contributed by atoms with van der Waals surface area (Å²) in [6, 6.07) is 12.2. The van der Waals surface area contributed by atoms with Crippen LogP contribution in [0.25, 0.3) is 0 Å². The van der Waals surface area contributed by atoms with Gasteiger partial charge in [0.15, 0.2) is 0 Å². The van der Waals surface area contributed by atoms with E-state index in [2.05, 4.69) is 21.5 Å². The highest BCUT2D eigenvalue weighted by molar-refractivity contribution is 5.88. The minimum atomic E-state index is -0.607. The number of amides is 2. The molecule has 2 saturated carbocycles. The monoisotopic (exact) mass is 477 g/mol. The number of nitrogens with zero attached hydrogens (tertiary/aromatic N) is 1. The molecule has 0 saturated heterocycles. The van der Waals surface area contributed by atoms with Crippen molar-refractivity contribution in [2.45, 2.75) is 62.9 Å². The van der Waals surface area contributed by atoms with Crippen LogP contribution in [0.3, 0.4) is 0 Å². The molecule has 3 atom stereocenters. The van der Waals surface area contributed by atoms with E-state index in [9.17, 15) is 14.0 Å². The first-order valence-electron chi connectivity index (χ1n) is 12.4. The zero-order valence-corrected chi connectivity index (χ0v) is 19.8. The van der Waals surface area contributed by atoms with Gasteiger partial charge in [-0.2, -0.15) is 0 Å². The Labute approximate surface area is 206 Å². The molecule has 0 aliphatic heterocycles. The van der Waals surface area contributed by atoms with Gasteiger partial charge in [0, 0.05) is 18.4 Å². The van der Waals surface area contributed by atoms with E-state index in [0.717, 1.165) is 50.3 Å². The predicted molar refractivity (Wildman–Crippen MR) is 132 cm³/mol. The maximum atomic E-state index is 13.6. The molecule has 2 fully saturated rings. The van der Waals surface area contributed by atoms with Crippen LogP contribution >= 0.6 is 0 Å². The lowest BCUT2D eigenvalue weighted by molar-refractivity contribution is -0.169. The number of benzene rings is 1. The first kappa shape index (κ1) is 24.7. The smallest absolute Gasteiger partial charge is 0.320 e. The second-order valence-electron chi connectivity index (χ2n) is 9.51. The fourth-order valence-corrected chi connectivity index (χ4v) is 5.29. The largest absolute Gasteiger partial charge is 0.461 e. The lowest BCUT2D eigenvalue weighted by Gasteiger charge is -2.43. The standard InChI is InChI=1S/C28H32FN3O3/c1-2-20-18-24(23(20)14-17-30-27(34)32-25-13-12-22(29)19-31-25)35-26(33)28(15-8-3-4-9-16-28)21-10-6-5-7-11-21/h1,5-7,10-13,19-20,23-24H,3-4,8-9,14-18H2,(H2,30,31,32,34). The van der Waals surface area contributed by atoms with Crippen LogP contribution in [0.5, 0.6) is 0 Å². The van der Waals surface area contributed by atoms with E-state index in [1.165, 1.54) is 12.1 Å². The van der Waals surface area contributed by atoms with Gasteiger partial charge in [0.2, 0.25) is 0 Å². The highest BCUT2D eigenvalue weighted by atomic mass is 19.1. The summed E-state index contributed by atoms with van der Waals surface area (Å²) in [4.78, 5) is 29.6. The molecule has 2 amide bonds. The molecule has 1 aromatic carbocycles. The first-order chi connectivity index (χ1) is 17.0. The second kappa shape index (κ2) is 11.4. The minimum absolute atomic E-state index is 0.00759. The number of urea groups is 1. The highest BCUT2D eigenvalue weighted by Crippen LogP contribution is 2.44. The van der Waals surface area contributed by atoms with E-state index >= 15 is 0 Å². The van der Waals surface area contributed by atoms with Crippen molar-refractivity contribution in [2.75, 3.05) is 11.9 Å². The van der Waals surface area contributed by atoms with E-state index in [1.54, 1.807) is 0 Å². The summed E-state index contributed by atoms with van der Waals surface area (Å²) < 4.78 is 19.1. The van der Waals surface area contributed by atoms with Gasteiger partial charge in [-0.3, -0.25) is 10.1 Å². The van der Waals surface area contributed by atoms with Crippen LogP contribution in [-0.4, -0.2) is 29.6 Å². The van der Waals surface area contributed by atoms with Crippen molar-refractivity contribution in [3.05, 3.63) is 60.0 Å². The fraction of sp³-hybridized carbons (Fsp3) is 0.464. The summed E-state index contributed by atoms with van der Waals surface area (Å²) in [7, 11) is 0. The Morgan fingerprint density at radius 1 is 1.11 bits per heavy atom. The SMILES string of the molecule is C#CC1CC(OC(=O)C2(c3ccccc3)CCCCCC2)C1CCNC(=O)Nc1ccc(F)cn1. The number of esters is 1. The number of anilines is 1. The Morgan fingerprint density at radius 2 is 1.86 bits per heavy atom. The fourth-order valence-electron chi connectivity index (χ4n) is 5.29. The van der Waals surface area contributed by atoms with Crippen LogP contribution in [-0.2, 0) is 14.9 Å². The number of terminal acetylenes is 1. The molecule has 2 aliphatic rings. The quantitative estimate of drug-likeness (QED) is 0.326. The molecule has 1 aromatic heterocycles. The van der Waals surface area contributed by atoms with Gasteiger partial charge in [0.1, 0.15) is 17.7 Å². The van der Waals surface area contributed by atoms with Gasteiger partial charge in [-0.1, -0.05) is 56.0 Å². The Kier molecular flexibility index (Phi) is 8.02. The van der Waals surface area contributed by atoms with E-state index < -0.39 is 17.3 Å². The average Bonchev–Trinajstić information content (AvgIpc) is 3.13. The Hall–Kier alpha value is -3.40. The molecular formula is C28H32FN3O3. The maximum Gasteiger partial charge on any atom is 0.320 e. The summed E-state index contributed by atoms with van der Waals surface area (Å²) in [6.07, 6.45) is 13.6. The van der Waals surface area contributed by atoms with Crippen LogP contribution in [0.2, 0.25) is 0 Å². The molecule has 2 N–H and O–H groups in total. The minimum Gasteiger partial charge on any atom is -0.461 e. The lowest BCUT2D eigenvalue weighted by atomic mass is 9.69. The molecule has 0 bridgehead atoms. The third-order valence-electron chi connectivity index (χ3n) is 7.36. The van der Waals surface area contributed by atoms with Crippen molar-refractivity contribution in [1.82, 2.24) is 10.3 Å². The van der Waals surface area contributed by atoms with E-state index in [0.29, 0.717) is 19.4 Å². The van der Waals surface area contributed by atoms with Gasteiger partial charge in [0.05, 0.1) is 11.6 Å². The third-order valence-corrected chi connectivity index (χ3v) is 7.36.